The lowest BCUT2D eigenvalue weighted by Gasteiger charge is -2.30. The first-order valence-corrected chi connectivity index (χ1v) is 10.9. The summed E-state index contributed by atoms with van der Waals surface area (Å²) >= 11 is 10.4. The fraction of sp³-hybridized carbons (Fsp3) is 0.375. The smallest absolute Gasteiger partial charge is 0.206 e. The second-order valence-electron chi connectivity index (χ2n) is 5.72. The van der Waals surface area contributed by atoms with E-state index in [1.165, 1.54) is 5.56 Å². The summed E-state index contributed by atoms with van der Waals surface area (Å²) in [5.74, 6) is 0.544. The minimum Gasteiger partial charge on any atom is -0.206 e. The molecule has 0 spiro atoms. The second kappa shape index (κ2) is 7.23. The Hall–Kier alpha value is -0.400. The number of sulfonamides is 1. The van der Waals surface area contributed by atoms with E-state index in [0.29, 0.717) is 32.0 Å². The first-order chi connectivity index (χ1) is 11.0. The minimum atomic E-state index is -3.42. The monoisotopic (exact) mass is 433 g/mol. The molecule has 23 heavy (non-hydrogen) atoms. The van der Waals surface area contributed by atoms with Crippen LogP contribution >= 0.6 is 38.9 Å². The Morgan fingerprint density at radius 1 is 1.22 bits per heavy atom. The summed E-state index contributed by atoms with van der Waals surface area (Å²) < 4.78 is 28.4. The van der Waals surface area contributed by atoms with E-state index in [0.717, 1.165) is 30.6 Å². The fourth-order valence-electron chi connectivity index (χ4n) is 2.88. The zero-order valence-corrected chi connectivity index (χ0v) is 16.4. The maximum Gasteiger partial charge on any atom is 0.252 e. The van der Waals surface area contributed by atoms with E-state index in [2.05, 4.69) is 28.1 Å². The van der Waals surface area contributed by atoms with Gasteiger partial charge < -0.3 is 0 Å². The van der Waals surface area contributed by atoms with Crippen LogP contribution in [0.5, 0.6) is 0 Å². The van der Waals surface area contributed by atoms with E-state index in [1.807, 2.05) is 18.2 Å². The van der Waals surface area contributed by atoms with Gasteiger partial charge in [-0.15, -0.1) is 11.3 Å². The van der Waals surface area contributed by atoms with Gasteiger partial charge in [-0.1, -0.05) is 41.9 Å². The normalized spacial score (nSPS) is 17.5. The minimum absolute atomic E-state index is 0.316. The van der Waals surface area contributed by atoms with Crippen LogP contribution in [0.15, 0.2) is 45.1 Å². The van der Waals surface area contributed by atoms with Crippen LogP contribution in [0.1, 0.15) is 18.4 Å². The number of piperidine rings is 1. The van der Waals surface area contributed by atoms with Gasteiger partial charge in [0.05, 0.1) is 0 Å². The molecule has 2 heterocycles. The van der Waals surface area contributed by atoms with Crippen molar-refractivity contribution >= 4 is 48.9 Å². The number of hydrogen-bond donors (Lipinski definition) is 0. The van der Waals surface area contributed by atoms with Gasteiger partial charge in [-0.3, -0.25) is 0 Å². The number of thiophene rings is 1. The van der Waals surface area contributed by atoms with Gasteiger partial charge in [0.25, 0.3) is 10.0 Å². The van der Waals surface area contributed by atoms with E-state index in [4.69, 9.17) is 11.6 Å². The highest BCUT2D eigenvalue weighted by atomic mass is 79.9. The lowest BCUT2D eigenvalue weighted by Crippen LogP contribution is -2.38. The third-order valence-electron chi connectivity index (χ3n) is 4.16. The summed E-state index contributed by atoms with van der Waals surface area (Å²) in [7, 11) is -3.42. The van der Waals surface area contributed by atoms with E-state index < -0.39 is 10.0 Å². The van der Waals surface area contributed by atoms with Crippen LogP contribution in [0.25, 0.3) is 0 Å². The predicted molar refractivity (Wildman–Crippen MR) is 98.7 cm³/mol. The van der Waals surface area contributed by atoms with Crippen molar-refractivity contribution in [2.75, 3.05) is 13.1 Å². The molecule has 1 aliphatic rings. The molecular weight excluding hydrogens is 418 g/mol. The number of halogens is 2. The Kier molecular flexibility index (Phi) is 5.48. The first kappa shape index (κ1) is 17.4. The maximum absolute atomic E-state index is 12.7. The van der Waals surface area contributed by atoms with Gasteiger partial charge in [0.1, 0.15) is 8.55 Å². The van der Waals surface area contributed by atoms with E-state index in [1.54, 1.807) is 10.4 Å². The Morgan fingerprint density at radius 2 is 1.87 bits per heavy atom. The number of hydrogen-bond acceptors (Lipinski definition) is 3. The zero-order chi connectivity index (χ0) is 16.4. The van der Waals surface area contributed by atoms with Crippen LogP contribution in [0.3, 0.4) is 0 Å². The van der Waals surface area contributed by atoms with E-state index in [-0.39, 0.29) is 0 Å². The Labute approximate surface area is 154 Å². The molecule has 1 aromatic carbocycles. The third-order valence-corrected chi connectivity index (χ3v) is 8.98. The first-order valence-electron chi connectivity index (χ1n) is 7.46. The molecule has 7 heteroatoms. The van der Waals surface area contributed by atoms with Crippen molar-refractivity contribution in [1.29, 1.82) is 0 Å². The summed E-state index contributed by atoms with van der Waals surface area (Å²) in [4.78, 5) is 0. The number of rotatable bonds is 4. The third kappa shape index (κ3) is 3.99. The van der Waals surface area contributed by atoms with E-state index >= 15 is 0 Å². The second-order valence-corrected chi connectivity index (χ2v) is 10.4. The van der Waals surface area contributed by atoms with Gasteiger partial charge in [0.15, 0.2) is 0 Å². The average Bonchev–Trinajstić information content (AvgIpc) is 2.89. The van der Waals surface area contributed by atoms with Crippen LogP contribution < -0.4 is 0 Å². The summed E-state index contributed by atoms with van der Waals surface area (Å²) in [6.07, 6.45) is 2.81. The quantitative estimate of drug-likeness (QED) is 0.692. The van der Waals surface area contributed by atoms with Gasteiger partial charge in [0.2, 0.25) is 0 Å². The predicted octanol–water partition coefficient (Wildman–Crippen LogP) is 4.81. The van der Waals surface area contributed by atoms with Gasteiger partial charge in [-0.05, 0) is 52.7 Å². The van der Waals surface area contributed by atoms with Crippen LogP contribution in [0.2, 0.25) is 4.34 Å². The highest BCUT2D eigenvalue weighted by Gasteiger charge is 2.31. The molecule has 3 nitrogen and oxygen atoms in total. The molecule has 0 amide bonds. The summed E-state index contributed by atoms with van der Waals surface area (Å²) in [6.45, 7) is 1.15. The maximum atomic E-state index is 12.7. The molecule has 1 saturated heterocycles. The average molecular weight is 435 g/mol. The topological polar surface area (TPSA) is 37.4 Å². The molecule has 124 valence electrons. The molecule has 0 radical (unpaired) electrons. The molecule has 0 atom stereocenters. The molecule has 1 fully saturated rings. The van der Waals surface area contributed by atoms with Gasteiger partial charge in [-0.25, -0.2) is 8.42 Å². The van der Waals surface area contributed by atoms with Crippen molar-refractivity contribution in [1.82, 2.24) is 4.31 Å². The number of nitrogens with zero attached hydrogens (tertiary/aromatic N) is 1. The molecule has 0 N–H and O–H groups in total. The summed E-state index contributed by atoms with van der Waals surface area (Å²) in [6, 6.07) is 12.0. The van der Waals surface area contributed by atoms with Crippen LogP contribution in [-0.2, 0) is 16.4 Å². The van der Waals surface area contributed by atoms with Crippen molar-refractivity contribution in [3.8, 4) is 0 Å². The molecule has 1 aliphatic heterocycles. The molecule has 0 unspecified atom stereocenters. The lowest BCUT2D eigenvalue weighted by molar-refractivity contribution is 0.273. The van der Waals surface area contributed by atoms with Crippen LogP contribution in [0.4, 0.5) is 0 Å². The van der Waals surface area contributed by atoms with Crippen molar-refractivity contribution in [3.63, 3.8) is 0 Å². The molecule has 1 aromatic heterocycles. The Bertz CT molecular complexity index is 749. The molecule has 0 saturated carbocycles. The highest BCUT2D eigenvalue weighted by Crippen LogP contribution is 2.37. The summed E-state index contributed by atoms with van der Waals surface area (Å²) in [5.41, 5.74) is 1.32. The Morgan fingerprint density at radius 3 is 2.43 bits per heavy atom. The largest absolute Gasteiger partial charge is 0.252 e. The number of benzene rings is 1. The van der Waals surface area contributed by atoms with Crippen molar-refractivity contribution in [3.05, 3.63) is 50.8 Å². The van der Waals surface area contributed by atoms with Crippen molar-refractivity contribution < 1.29 is 8.42 Å². The van der Waals surface area contributed by atoms with Crippen molar-refractivity contribution in [2.45, 2.75) is 23.5 Å². The molecule has 3 rings (SSSR count). The highest BCUT2D eigenvalue weighted by molar-refractivity contribution is 9.10. The Balaban J connectivity index is 1.64. The van der Waals surface area contributed by atoms with E-state index in [9.17, 15) is 8.42 Å². The van der Waals surface area contributed by atoms with Gasteiger partial charge >= 0.3 is 0 Å². The van der Waals surface area contributed by atoms with Crippen LogP contribution in [0, 0.1) is 5.92 Å². The molecular formula is C16H17BrClNO2S2. The summed E-state index contributed by atoms with van der Waals surface area (Å²) in [5, 5.41) is 0. The molecule has 0 aliphatic carbocycles. The molecule has 2 aromatic rings. The fourth-order valence-corrected chi connectivity index (χ4v) is 6.81. The van der Waals surface area contributed by atoms with Crippen LogP contribution in [-0.4, -0.2) is 25.8 Å². The van der Waals surface area contributed by atoms with Gasteiger partial charge in [0, 0.05) is 17.6 Å². The van der Waals surface area contributed by atoms with Gasteiger partial charge in [-0.2, -0.15) is 4.31 Å². The van der Waals surface area contributed by atoms with Crippen molar-refractivity contribution in [2.24, 2.45) is 5.92 Å². The zero-order valence-electron chi connectivity index (χ0n) is 12.4. The lowest BCUT2D eigenvalue weighted by atomic mass is 9.91. The SMILES string of the molecule is O=S(=O)(c1cc(Br)c(Cl)s1)N1CCC(Cc2ccccc2)CC1. The standard InChI is InChI=1S/C16H17BrClNO2S2/c17-14-11-15(22-16(14)18)23(20,21)19-8-6-13(7-9-19)10-12-4-2-1-3-5-12/h1-5,11,13H,6-10H2. The molecule has 0 bridgehead atoms.